The van der Waals surface area contributed by atoms with E-state index in [1.165, 1.54) is 43.5 Å². The van der Waals surface area contributed by atoms with Crippen LogP contribution in [0.15, 0.2) is 41.2 Å². The molecule has 154 valence electrons. The molecule has 0 aliphatic carbocycles. The average Bonchev–Trinajstić information content (AvgIpc) is 2.73. The summed E-state index contributed by atoms with van der Waals surface area (Å²) in [6.07, 6.45) is 0. The van der Waals surface area contributed by atoms with Gasteiger partial charge in [0.15, 0.2) is 11.5 Å². The number of hydrogen-bond acceptors (Lipinski definition) is 7. The van der Waals surface area contributed by atoms with Crippen LogP contribution in [0.25, 0.3) is 11.1 Å². The van der Waals surface area contributed by atoms with Crippen molar-refractivity contribution in [2.45, 2.75) is 0 Å². The van der Waals surface area contributed by atoms with Crippen LogP contribution in [0.4, 0.5) is 5.82 Å². The summed E-state index contributed by atoms with van der Waals surface area (Å²) in [6.45, 7) is 0. The Labute approximate surface area is 186 Å². The van der Waals surface area contributed by atoms with Gasteiger partial charge >= 0.3 is 5.97 Å². The Hall–Kier alpha value is -3.98. The lowest BCUT2D eigenvalue weighted by Crippen LogP contribution is -2.16. The quantitative estimate of drug-likeness (QED) is 0.449. The Morgan fingerprint density at radius 3 is 2.39 bits per heavy atom. The number of esters is 1. The fraction of sp³-hybridized carbons (Fsp3) is 0.0476. The number of aromatic amines is 1. The van der Waals surface area contributed by atoms with Crippen molar-refractivity contribution in [3.63, 3.8) is 0 Å². The number of H-pyrrole nitrogens is 1. The minimum atomic E-state index is -0.747. The number of rotatable bonds is 4. The number of carbonyl (C=O) groups is 1. The Morgan fingerprint density at radius 2 is 1.77 bits per heavy atom. The number of nitrogens with one attached hydrogen (secondary N) is 1. The molecule has 0 aliphatic heterocycles. The van der Waals surface area contributed by atoms with E-state index in [0.29, 0.717) is 10.6 Å². The zero-order chi connectivity index (χ0) is 22.7. The first-order valence-corrected chi connectivity index (χ1v) is 9.27. The Morgan fingerprint density at radius 1 is 1.06 bits per heavy atom. The van der Waals surface area contributed by atoms with Gasteiger partial charge in [0.1, 0.15) is 29.1 Å². The van der Waals surface area contributed by atoms with Gasteiger partial charge in [-0.1, -0.05) is 29.3 Å². The van der Waals surface area contributed by atoms with Crippen molar-refractivity contribution in [3.05, 3.63) is 73.5 Å². The second-order valence-electron chi connectivity index (χ2n) is 6.10. The van der Waals surface area contributed by atoms with Crippen LogP contribution in [-0.4, -0.2) is 18.1 Å². The van der Waals surface area contributed by atoms with Crippen LogP contribution in [0.3, 0.4) is 0 Å². The lowest BCUT2D eigenvalue weighted by molar-refractivity contribution is 0.0730. The van der Waals surface area contributed by atoms with Crippen molar-refractivity contribution in [3.8, 4) is 34.8 Å². The van der Waals surface area contributed by atoms with E-state index in [2.05, 4.69) is 4.98 Å². The fourth-order valence-electron chi connectivity index (χ4n) is 2.85. The zero-order valence-electron chi connectivity index (χ0n) is 15.8. The molecule has 0 unspecified atom stereocenters. The highest BCUT2D eigenvalue weighted by Gasteiger charge is 2.21. The number of carbonyl (C=O) groups excluding carboxylic acids is 1. The number of anilines is 1. The molecule has 0 spiro atoms. The summed E-state index contributed by atoms with van der Waals surface area (Å²) in [5.74, 6) is -0.753. The molecule has 1 aromatic heterocycles. The van der Waals surface area contributed by atoms with E-state index in [-0.39, 0.29) is 44.6 Å². The maximum Gasteiger partial charge on any atom is 0.345 e. The Bertz CT molecular complexity index is 1350. The highest BCUT2D eigenvalue weighted by molar-refractivity contribution is 6.36. The van der Waals surface area contributed by atoms with Gasteiger partial charge in [-0.2, -0.15) is 10.5 Å². The summed E-state index contributed by atoms with van der Waals surface area (Å²) >= 11 is 11.9. The van der Waals surface area contributed by atoms with Gasteiger partial charge in [-0.3, -0.25) is 4.79 Å². The van der Waals surface area contributed by atoms with Crippen molar-refractivity contribution >= 4 is 35.0 Å². The largest absolute Gasteiger partial charge is 0.493 e. The number of methoxy groups -OCH3 is 1. The third-order valence-electron chi connectivity index (χ3n) is 4.27. The molecule has 31 heavy (non-hydrogen) atoms. The third kappa shape index (κ3) is 4.17. The van der Waals surface area contributed by atoms with Gasteiger partial charge in [0.25, 0.3) is 5.56 Å². The Kier molecular flexibility index (Phi) is 6.17. The predicted octanol–water partition coefficient (Wildman–Crippen LogP) is 3.90. The molecule has 8 nitrogen and oxygen atoms in total. The van der Waals surface area contributed by atoms with Crippen LogP contribution < -0.4 is 20.8 Å². The number of hydrogen-bond donors (Lipinski definition) is 2. The molecule has 0 aliphatic rings. The SMILES string of the molecule is COc1cc(-c2c(C#N)c(N)[nH]c(=O)c2C#N)ccc1OC(=O)c1ccc(Cl)cc1Cl. The van der Waals surface area contributed by atoms with Gasteiger partial charge in [0.2, 0.25) is 0 Å². The monoisotopic (exact) mass is 454 g/mol. The number of halogens is 2. The molecule has 0 saturated heterocycles. The molecule has 1 heterocycles. The van der Waals surface area contributed by atoms with Crippen molar-refractivity contribution in [1.82, 2.24) is 4.98 Å². The highest BCUT2D eigenvalue weighted by atomic mass is 35.5. The van der Waals surface area contributed by atoms with Gasteiger partial charge in [-0.25, -0.2) is 4.79 Å². The standard InChI is InChI=1S/C21H12Cl2N4O4/c1-30-17-6-10(18-13(8-24)19(26)27-20(28)14(18)9-25)2-5-16(17)31-21(29)12-4-3-11(22)7-15(12)23/h2-7H,1H3,(H3,26,27,28). The molecule has 0 radical (unpaired) electrons. The second kappa shape index (κ2) is 8.80. The molecule has 0 amide bonds. The van der Waals surface area contributed by atoms with Crippen molar-refractivity contribution < 1.29 is 14.3 Å². The van der Waals surface area contributed by atoms with Crippen LogP contribution in [0.5, 0.6) is 11.5 Å². The van der Waals surface area contributed by atoms with E-state index in [1.807, 2.05) is 6.07 Å². The number of benzene rings is 2. The van der Waals surface area contributed by atoms with Crippen molar-refractivity contribution in [2.75, 3.05) is 12.8 Å². The molecular weight excluding hydrogens is 443 g/mol. The van der Waals surface area contributed by atoms with Gasteiger partial charge in [0.05, 0.1) is 17.7 Å². The van der Waals surface area contributed by atoms with Crippen LogP contribution >= 0.6 is 23.2 Å². The van der Waals surface area contributed by atoms with Crippen LogP contribution in [-0.2, 0) is 0 Å². The molecule has 2 aromatic carbocycles. The van der Waals surface area contributed by atoms with Gasteiger partial charge in [-0.05, 0) is 35.9 Å². The lowest BCUT2D eigenvalue weighted by Gasteiger charge is -2.13. The first-order valence-electron chi connectivity index (χ1n) is 8.52. The summed E-state index contributed by atoms with van der Waals surface area (Å²) in [4.78, 5) is 26.9. The maximum absolute atomic E-state index is 12.5. The highest BCUT2D eigenvalue weighted by Crippen LogP contribution is 2.36. The van der Waals surface area contributed by atoms with E-state index >= 15 is 0 Å². The minimum absolute atomic E-state index is 0.0446. The average molecular weight is 455 g/mol. The zero-order valence-corrected chi connectivity index (χ0v) is 17.3. The summed E-state index contributed by atoms with van der Waals surface area (Å²) < 4.78 is 10.7. The molecule has 0 fully saturated rings. The number of nitrogens with zero attached hydrogens (tertiary/aromatic N) is 2. The van der Waals surface area contributed by atoms with Crippen molar-refractivity contribution in [1.29, 1.82) is 10.5 Å². The third-order valence-corrected chi connectivity index (χ3v) is 4.82. The molecule has 3 rings (SSSR count). The first-order chi connectivity index (χ1) is 14.8. The van der Waals surface area contributed by atoms with Crippen LogP contribution in [0.1, 0.15) is 21.5 Å². The second-order valence-corrected chi connectivity index (χ2v) is 6.94. The van der Waals surface area contributed by atoms with Crippen LogP contribution in [0.2, 0.25) is 10.0 Å². The molecular formula is C21H12Cl2N4O4. The molecule has 0 saturated carbocycles. The summed E-state index contributed by atoms with van der Waals surface area (Å²) in [6, 6.07) is 12.3. The number of pyridine rings is 1. The van der Waals surface area contributed by atoms with Gasteiger partial charge < -0.3 is 20.2 Å². The van der Waals surface area contributed by atoms with Gasteiger partial charge in [-0.15, -0.1) is 0 Å². The normalized spacial score (nSPS) is 10.1. The maximum atomic E-state index is 12.5. The van der Waals surface area contributed by atoms with E-state index in [1.54, 1.807) is 6.07 Å². The number of nitriles is 2. The smallest absolute Gasteiger partial charge is 0.345 e. The van der Waals surface area contributed by atoms with E-state index in [4.69, 9.17) is 38.4 Å². The number of aromatic nitrogens is 1. The first kappa shape index (κ1) is 21.7. The van der Waals surface area contributed by atoms with E-state index < -0.39 is 11.5 Å². The number of ether oxygens (including phenoxy) is 2. The molecule has 0 atom stereocenters. The summed E-state index contributed by atoms with van der Waals surface area (Å²) in [5, 5.41) is 19.3. The number of nitrogen functional groups attached to an aromatic ring is 1. The van der Waals surface area contributed by atoms with Gasteiger partial charge in [0, 0.05) is 10.6 Å². The summed E-state index contributed by atoms with van der Waals surface area (Å²) in [5.41, 5.74) is 5.08. The topological polar surface area (TPSA) is 142 Å². The van der Waals surface area contributed by atoms with E-state index in [0.717, 1.165) is 0 Å². The molecule has 10 heteroatoms. The predicted molar refractivity (Wildman–Crippen MR) is 114 cm³/mol. The van der Waals surface area contributed by atoms with Crippen molar-refractivity contribution in [2.24, 2.45) is 0 Å². The Balaban J connectivity index is 2.08. The molecule has 0 bridgehead atoms. The van der Waals surface area contributed by atoms with Crippen LogP contribution in [0, 0.1) is 22.7 Å². The lowest BCUT2D eigenvalue weighted by atomic mass is 9.96. The minimum Gasteiger partial charge on any atom is -0.493 e. The summed E-state index contributed by atoms with van der Waals surface area (Å²) in [7, 11) is 1.34. The fourth-order valence-corrected chi connectivity index (χ4v) is 3.33. The molecule has 3 aromatic rings. The number of nitrogens with two attached hydrogens (primary N) is 1. The van der Waals surface area contributed by atoms with E-state index in [9.17, 15) is 20.1 Å². The molecule has 3 N–H and O–H groups in total.